The number of furan rings is 1. The van der Waals surface area contributed by atoms with Gasteiger partial charge in [-0.1, -0.05) is 0 Å². The van der Waals surface area contributed by atoms with Gasteiger partial charge in [-0.2, -0.15) is 0 Å². The number of hydrogen-bond donors (Lipinski definition) is 2. The van der Waals surface area contributed by atoms with Gasteiger partial charge in [-0.15, -0.1) is 0 Å². The van der Waals surface area contributed by atoms with Gasteiger partial charge >= 0.3 is 5.97 Å². The molecule has 1 aliphatic rings. The number of nitrogens with zero attached hydrogens (tertiary/aromatic N) is 1. The fourth-order valence-electron chi connectivity index (χ4n) is 2.39. The van der Waals surface area contributed by atoms with Crippen molar-refractivity contribution in [1.82, 2.24) is 10.2 Å². The maximum Gasteiger partial charge on any atom is 0.311 e. The maximum atomic E-state index is 12.1. The molecular formula is C14H18N2O5. The van der Waals surface area contributed by atoms with Gasteiger partial charge in [0, 0.05) is 13.1 Å². The Morgan fingerprint density at radius 3 is 2.86 bits per heavy atom. The highest BCUT2D eigenvalue weighted by Crippen LogP contribution is 2.29. The standard InChI is InChI=1S/C14H18N2O5/c1-14(13(19)20)5-3-6-16(9-14)11(17)8-15-12(18)10-4-2-7-21-10/h2,4,7H,3,5-6,8-9H2,1H3,(H,15,18)(H,19,20). The van der Waals surface area contributed by atoms with Crippen molar-refractivity contribution >= 4 is 17.8 Å². The Kier molecular flexibility index (Phi) is 4.30. The molecule has 0 aliphatic carbocycles. The minimum absolute atomic E-state index is 0.136. The van der Waals surface area contributed by atoms with Crippen LogP contribution in [0.3, 0.4) is 0 Å². The lowest BCUT2D eigenvalue weighted by molar-refractivity contribution is -0.153. The van der Waals surface area contributed by atoms with Crippen LogP contribution in [0.2, 0.25) is 0 Å². The van der Waals surface area contributed by atoms with Crippen molar-refractivity contribution in [3.63, 3.8) is 0 Å². The van der Waals surface area contributed by atoms with Crippen molar-refractivity contribution in [1.29, 1.82) is 0 Å². The predicted molar refractivity (Wildman–Crippen MR) is 72.6 cm³/mol. The smallest absolute Gasteiger partial charge is 0.311 e. The summed E-state index contributed by atoms with van der Waals surface area (Å²) in [5.74, 6) is -1.52. The fraction of sp³-hybridized carbons (Fsp3) is 0.500. The van der Waals surface area contributed by atoms with Crippen LogP contribution in [0.1, 0.15) is 30.3 Å². The zero-order chi connectivity index (χ0) is 15.5. The maximum absolute atomic E-state index is 12.1. The number of rotatable bonds is 4. The molecule has 1 saturated heterocycles. The van der Waals surface area contributed by atoms with Gasteiger partial charge in [0.1, 0.15) is 0 Å². The number of aliphatic carboxylic acids is 1. The van der Waals surface area contributed by atoms with E-state index >= 15 is 0 Å². The lowest BCUT2D eigenvalue weighted by Gasteiger charge is -2.37. The van der Waals surface area contributed by atoms with Crippen LogP contribution in [0, 0.1) is 5.41 Å². The van der Waals surface area contributed by atoms with E-state index in [0.717, 1.165) is 0 Å². The van der Waals surface area contributed by atoms with E-state index in [1.165, 1.54) is 17.2 Å². The molecule has 1 aromatic heterocycles. The zero-order valence-corrected chi connectivity index (χ0v) is 11.8. The van der Waals surface area contributed by atoms with E-state index < -0.39 is 17.3 Å². The highest BCUT2D eigenvalue weighted by molar-refractivity contribution is 5.94. The van der Waals surface area contributed by atoms with Crippen molar-refractivity contribution in [2.24, 2.45) is 5.41 Å². The normalized spacial score (nSPS) is 21.9. The largest absolute Gasteiger partial charge is 0.481 e. The van der Waals surface area contributed by atoms with Gasteiger partial charge in [0.25, 0.3) is 5.91 Å². The van der Waals surface area contributed by atoms with Gasteiger partial charge in [-0.05, 0) is 31.9 Å². The summed E-state index contributed by atoms with van der Waals surface area (Å²) in [5, 5.41) is 11.7. The Hall–Kier alpha value is -2.31. The highest BCUT2D eigenvalue weighted by atomic mass is 16.4. The molecule has 21 heavy (non-hydrogen) atoms. The first-order valence-corrected chi connectivity index (χ1v) is 6.75. The van der Waals surface area contributed by atoms with E-state index in [4.69, 9.17) is 4.42 Å². The molecule has 1 aromatic rings. The van der Waals surface area contributed by atoms with Crippen LogP contribution in [-0.2, 0) is 9.59 Å². The zero-order valence-electron chi connectivity index (χ0n) is 11.8. The molecule has 1 unspecified atom stereocenters. The molecule has 7 nitrogen and oxygen atoms in total. The van der Waals surface area contributed by atoms with Crippen LogP contribution in [0.25, 0.3) is 0 Å². The van der Waals surface area contributed by atoms with Crippen LogP contribution in [0.5, 0.6) is 0 Å². The third-order valence-corrected chi connectivity index (χ3v) is 3.71. The van der Waals surface area contributed by atoms with Gasteiger partial charge in [0.05, 0.1) is 18.2 Å². The Labute approximate surface area is 121 Å². The van der Waals surface area contributed by atoms with Crippen LogP contribution >= 0.6 is 0 Å². The van der Waals surface area contributed by atoms with Gasteiger partial charge in [-0.25, -0.2) is 0 Å². The summed E-state index contributed by atoms with van der Waals surface area (Å²) < 4.78 is 4.92. The molecule has 1 atom stereocenters. The molecule has 0 spiro atoms. The number of carbonyl (C=O) groups is 3. The Morgan fingerprint density at radius 2 is 2.24 bits per heavy atom. The Morgan fingerprint density at radius 1 is 1.48 bits per heavy atom. The SMILES string of the molecule is CC1(C(=O)O)CCCN(C(=O)CNC(=O)c2ccco2)C1. The number of nitrogens with one attached hydrogen (secondary N) is 1. The third kappa shape index (κ3) is 3.42. The van der Waals surface area contributed by atoms with Crippen LogP contribution in [-0.4, -0.2) is 47.4 Å². The van der Waals surface area contributed by atoms with Crippen molar-refractivity contribution in [3.05, 3.63) is 24.2 Å². The molecule has 1 fully saturated rings. The molecule has 2 N–H and O–H groups in total. The molecule has 114 valence electrons. The second-order valence-electron chi connectivity index (χ2n) is 5.44. The van der Waals surface area contributed by atoms with Gasteiger partial charge < -0.3 is 19.7 Å². The summed E-state index contributed by atoms with van der Waals surface area (Å²) in [6, 6.07) is 3.09. The van der Waals surface area contributed by atoms with E-state index in [-0.39, 0.29) is 24.8 Å². The summed E-state index contributed by atoms with van der Waals surface area (Å²) in [6.45, 7) is 2.14. The summed E-state index contributed by atoms with van der Waals surface area (Å²) >= 11 is 0. The van der Waals surface area contributed by atoms with Gasteiger partial charge in [-0.3, -0.25) is 14.4 Å². The van der Waals surface area contributed by atoms with Crippen molar-refractivity contribution in [2.75, 3.05) is 19.6 Å². The van der Waals surface area contributed by atoms with E-state index in [9.17, 15) is 19.5 Å². The summed E-state index contributed by atoms with van der Waals surface area (Å²) in [5.41, 5.74) is -0.918. The van der Waals surface area contributed by atoms with E-state index in [1.807, 2.05) is 0 Å². The predicted octanol–water partition coefficient (Wildman–Crippen LogP) is 0.723. The van der Waals surface area contributed by atoms with Crippen molar-refractivity contribution < 1.29 is 23.9 Å². The van der Waals surface area contributed by atoms with Crippen molar-refractivity contribution in [2.45, 2.75) is 19.8 Å². The average Bonchev–Trinajstić information content (AvgIpc) is 2.98. The molecular weight excluding hydrogens is 276 g/mol. The monoisotopic (exact) mass is 294 g/mol. The summed E-state index contributed by atoms with van der Waals surface area (Å²) in [6.07, 6.45) is 2.56. The molecule has 1 aliphatic heterocycles. The highest BCUT2D eigenvalue weighted by Gasteiger charge is 2.39. The first kappa shape index (κ1) is 15.1. The molecule has 2 amide bonds. The van der Waals surface area contributed by atoms with E-state index in [1.54, 1.807) is 13.0 Å². The third-order valence-electron chi connectivity index (χ3n) is 3.71. The number of carbonyl (C=O) groups excluding carboxylic acids is 2. The molecule has 0 saturated carbocycles. The number of carboxylic acid groups (broad SMARTS) is 1. The van der Waals surface area contributed by atoms with E-state index in [0.29, 0.717) is 19.4 Å². The summed E-state index contributed by atoms with van der Waals surface area (Å²) in [4.78, 5) is 36.5. The number of hydrogen-bond acceptors (Lipinski definition) is 4. The Balaban J connectivity index is 1.88. The van der Waals surface area contributed by atoms with Gasteiger partial charge in [0.15, 0.2) is 5.76 Å². The lowest BCUT2D eigenvalue weighted by Crippen LogP contribution is -2.50. The minimum atomic E-state index is -0.918. The van der Waals surface area contributed by atoms with Gasteiger partial charge in [0.2, 0.25) is 5.91 Å². The molecule has 0 radical (unpaired) electrons. The molecule has 0 bridgehead atoms. The summed E-state index contributed by atoms with van der Waals surface area (Å²) in [7, 11) is 0. The molecule has 2 rings (SSSR count). The number of piperidine rings is 1. The number of carboxylic acids is 1. The minimum Gasteiger partial charge on any atom is -0.481 e. The van der Waals surface area contributed by atoms with Crippen LogP contribution < -0.4 is 5.32 Å². The first-order valence-electron chi connectivity index (χ1n) is 6.75. The fourth-order valence-corrected chi connectivity index (χ4v) is 2.39. The first-order chi connectivity index (χ1) is 9.92. The Bertz CT molecular complexity index is 540. The number of likely N-dealkylation sites (tertiary alicyclic amines) is 1. The number of amides is 2. The average molecular weight is 294 g/mol. The molecule has 2 heterocycles. The van der Waals surface area contributed by atoms with Crippen LogP contribution in [0.15, 0.2) is 22.8 Å². The molecule has 0 aromatic carbocycles. The molecule has 7 heteroatoms. The topological polar surface area (TPSA) is 99.9 Å². The second-order valence-corrected chi connectivity index (χ2v) is 5.44. The second kappa shape index (κ2) is 5.99. The quantitative estimate of drug-likeness (QED) is 0.852. The van der Waals surface area contributed by atoms with Crippen LogP contribution in [0.4, 0.5) is 0 Å². The van der Waals surface area contributed by atoms with Crippen molar-refractivity contribution in [3.8, 4) is 0 Å². The lowest BCUT2D eigenvalue weighted by atomic mass is 9.82. The van der Waals surface area contributed by atoms with E-state index in [2.05, 4.69) is 5.32 Å².